The second kappa shape index (κ2) is 12.0. The SMILES string of the molecule is N#CN=C(NCCCCCN1CCN(C(=O)C2Cc3ccccc3O2)CC1)Nc1ccncc1. The van der Waals surface area contributed by atoms with Crippen LogP contribution in [0.4, 0.5) is 5.69 Å². The van der Waals surface area contributed by atoms with Crippen LogP contribution in [0.5, 0.6) is 5.75 Å². The molecule has 0 radical (unpaired) electrons. The van der Waals surface area contributed by atoms with Crippen LogP contribution in [0.25, 0.3) is 0 Å². The summed E-state index contributed by atoms with van der Waals surface area (Å²) in [7, 11) is 0. The molecule has 2 aromatic rings. The number of hydrogen-bond donors (Lipinski definition) is 2. The van der Waals surface area contributed by atoms with Crippen molar-refractivity contribution >= 4 is 17.6 Å². The van der Waals surface area contributed by atoms with Crippen LogP contribution in [-0.2, 0) is 11.2 Å². The van der Waals surface area contributed by atoms with Crippen LogP contribution >= 0.6 is 0 Å². The molecule has 1 fully saturated rings. The lowest BCUT2D eigenvalue weighted by Crippen LogP contribution is -2.52. The summed E-state index contributed by atoms with van der Waals surface area (Å²) in [5.74, 6) is 1.40. The van der Waals surface area contributed by atoms with E-state index in [1.807, 2.05) is 47.5 Å². The minimum absolute atomic E-state index is 0.108. The molecule has 1 aromatic carbocycles. The summed E-state index contributed by atoms with van der Waals surface area (Å²) in [6.45, 7) is 5.08. The van der Waals surface area contributed by atoms with Gasteiger partial charge in [0, 0.05) is 57.2 Å². The highest BCUT2D eigenvalue weighted by atomic mass is 16.5. The molecule has 2 aliphatic heterocycles. The Balaban J connectivity index is 1.08. The summed E-state index contributed by atoms with van der Waals surface area (Å²) >= 11 is 0. The van der Waals surface area contributed by atoms with Gasteiger partial charge in [0.1, 0.15) is 5.75 Å². The monoisotopic (exact) mass is 461 g/mol. The van der Waals surface area contributed by atoms with Crippen molar-refractivity contribution in [1.82, 2.24) is 20.1 Å². The van der Waals surface area contributed by atoms with E-state index in [9.17, 15) is 4.79 Å². The maximum Gasteiger partial charge on any atom is 0.264 e. The first kappa shape index (κ1) is 23.5. The Hall–Kier alpha value is -3.64. The second-order valence-corrected chi connectivity index (χ2v) is 8.49. The van der Waals surface area contributed by atoms with E-state index in [4.69, 9.17) is 10.00 Å². The molecule has 3 heterocycles. The van der Waals surface area contributed by atoms with Gasteiger partial charge in [0.25, 0.3) is 5.91 Å². The quantitative estimate of drug-likeness (QED) is 0.269. The molecule has 1 saturated heterocycles. The molecule has 1 unspecified atom stereocenters. The summed E-state index contributed by atoms with van der Waals surface area (Å²) in [6.07, 6.45) is 8.64. The first-order valence-corrected chi connectivity index (χ1v) is 11.9. The standard InChI is InChI=1S/C25H31N7O2/c26-19-29-25(30-21-8-11-27-12-9-21)28-10-4-1-5-13-31-14-16-32(17-15-31)24(33)23-18-20-6-2-3-7-22(20)34-23/h2-3,6-9,11-12,23H,1,4-5,10,13-18H2,(H2,27,28,29,30). The number of benzene rings is 1. The fraction of sp³-hybridized carbons (Fsp3) is 0.440. The number of fused-ring (bicyclic) bond motifs is 1. The molecule has 9 nitrogen and oxygen atoms in total. The van der Waals surface area contributed by atoms with Crippen molar-refractivity contribution in [2.75, 3.05) is 44.6 Å². The molecule has 1 aromatic heterocycles. The number of nitrogens with zero attached hydrogens (tertiary/aromatic N) is 5. The number of unbranched alkanes of at least 4 members (excludes halogenated alkanes) is 2. The largest absolute Gasteiger partial charge is 0.480 e. The zero-order valence-electron chi connectivity index (χ0n) is 19.3. The lowest BCUT2D eigenvalue weighted by atomic mass is 10.1. The average molecular weight is 462 g/mol. The number of ether oxygens (including phenoxy) is 1. The van der Waals surface area contributed by atoms with Gasteiger partial charge in [-0.3, -0.25) is 14.7 Å². The number of amides is 1. The predicted molar refractivity (Wildman–Crippen MR) is 130 cm³/mol. The van der Waals surface area contributed by atoms with Crippen molar-refractivity contribution in [3.63, 3.8) is 0 Å². The molecule has 0 saturated carbocycles. The lowest BCUT2D eigenvalue weighted by Gasteiger charge is -2.35. The molecule has 34 heavy (non-hydrogen) atoms. The number of carbonyl (C=O) groups is 1. The Bertz CT molecular complexity index is 988. The first-order chi connectivity index (χ1) is 16.7. The molecule has 2 aliphatic rings. The number of nitriles is 1. The van der Waals surface area contributed by atoms with Crippen LogP contribution in [0.3, 0.4) is 0 Å². The van der Waals surface area contributed by atoms with Gasteiger partial charge in [-0.15, -0.1) is 4.99 Å². The van der Waals surface area contributed by atoms with E-state index in [2.05, 4.69) is 25.5 Å². The van der Waals surface area contributed by atoms with Crippen molar-refractivity contribution in [2.24, 2.45) is 4.99 Å². The van der Waals surface area contributed by atoms with Gasteiger partial charge in [-0.2, -0.15) is 5.26 Å². The van der Waals surface area contributed by atoms with Crippen LogP contribution in [0, 0.1) is 11.5 Å². The van der Waals surface area contributed by atoms with Crippen molar-refractivity contribution in [1.29, 1.82) is 5.26 Å². The van der Waals surface area contributed by atoms with Crippen LogP contribution in [0.15, 0.2) is 53.8 Å². The highest BCUT2D eigenvalue weighted by Gasteiger charge is 2.33. The Morgan fingerprint density at radius 3 is 2.68 bits per heavy atom. The number of aromatic nitrogens is 1. The van der Waals surface area contributed by atoms with Gasteiger partial charge in [-0.1, -0.05) is 24.6 Å². The molecule has 178 valence electrons. The minimum Gasteiger partial charge on any atom is -0.480 e. The lowest BCUT2D eigenvalue weighted by molar-refractivity contribution is -0.139. The molecule has 1 atom stereocenters. The first-order valence-electron chi connectivity index (χ1n) is 11.9. The smallest absolute Gasteiger partial charge is 0.264 e. The summed E-state index contributed by atoms with van der Waals surface area (Å²) in [6, 6.07) is 11.5. The highest BCUT2D eigenvalue weighted by Crippen LogP contribution is 2.29. The maximum atomic E-state index is 12.9. The number of anilines is 1. The summed E-state index contributed by atoms with van der Waals surface area (Å²) in [5, 5.41) is 15.2. The zero-order valence-corrected chi connectivity index (χ0v) is 19.3. The van der Waals surface area contributed by atoms with Gasteiger partial charge in [-0.05, 0) is 43.1 Å². The van der Waals surface area contributed by atoms with Gasteiger partial charge >= 0.3 is 0 Å². The highest BCUT2D eigenvalue weighted by molar-refractivity contribution is 5.94. The molecule has 9 heteroatoms. The van der Waals surface area contributed by atoms with Gasteiger partial charge in [-0.25, -0.2) is 0 Å². The zero-order chi connectivity index (χ0) is 23.6. The van der Waals surface area contributed by atoms with Crippen LogP contribution in [0.1, 0.15) is 24.8 Å². The molecular weight excluding hydrogens is 430 g/mol. The number of nitrogens with one attached hydrogen (secondary N) is 2. The van der Waals surface area contributed by atoms with Crippen molar-refractivity contribution in [3.05, 3.63) is 54.4 Å². The normalized spacial score (nSPS) is 18.0. The molecule has 1 amide bonds. The average Bonchev–Trinajstić information content (AvgIpc) is 3.31. The number of piperazine rings is 1. The van der Waals surface area contributed by atoms with Crippen molar-refractivity contribution in [2.45, 2.75) is 31.8 Å². The van der Waals surface area contributed by atoms with E-state index < -0.39 is 0 Å². The molecule has 4 rings (SSSR count). The van der Waals surface area contributed by atoms with Gasteiger partial charge < -0.3 is 20.3 Å². The number of hydrogen-bond acceptors (Lipinski definition) is 6. The topological polar surface area (TPSA) is 106 Å². The Kier molecular flexibility index (Phi) is 8.30. The summed E-state index contributed by atoms with van der Waals surface area (Å²) in [4.78, 5) is 25.0. The third-order valence-corrected chi connectivity index (χ3v) is 6.15. The number of pyridine rings is 1. The number of rotatable bonds is 8. The molecule has 2 N–H and O–H groups in total. The fourth-order valence-electron chi connectivity index (χ4n) is 4.29. The molecule has 0 bridgehead atoms. The van der Waals surface area contributed by atoms with E-state index in [0.29, 0.717) is 12.4 Å². The van der Waals surface area contributed by atoms with Gasteiger partial charge in [0.15, 0.2) is 6.10 Å². The van der Waals surface area contributed by atoms with Gasteiger partial charge in [0.05, 0.1) is 0 Å². The van der Waals surface area contributed by atoms with E-state index in [1.165, 1.54) is 0 Å². The minimum atomic E-state index is -0.376. The summed E-state index contributed by atoms with van der Waals surface area (Å²) in [5.41, 5.74) is 1.95. The van der Waals surface area contributed by atoms with Gasteiger partial charge in [0.2, 0.25) is 12.2 Å². The number of aliphatic imine (C=N–C) groups is 1. The summed E-state index contributed by atoms with van der Waals surface area (Å²) < 4.78 is 5.87. The van der Waals surface area contributed by atoms with E-state index in [1.54, 1.807) is 12.4 Å². The molecule has 0 spiro atoms. The predicted octanol–water partition coefficient (Wildman–Crippen LogP) is 2.24. The maximum absolute atomic E-state index is 12.9. The number of para-hydroxylation sites is 1. The van der Waals surface area contributed by atoms with Crippen LogP contribution in [0.2, 0.25) is 0 Å². The fourth-order valence-corrected chi connectivity index (χ4v) is 4.29. The third-order valence-electron chi connectivity index (χ3n) is 6.15. The molecular formula is C25H31N7O2. The number of guanidine groups is 1. The Morgan fingerprint density at radius 1 is 1.12 bits per heavy atom. The van der Waals surface area contributed by atoms with Crippen molar-refractivity contribution in [3.8, 4) is 11.9 Å². The Morgan fingerprint density at radius 2 is 1.91 bits per heavy atom. The second-order valence-electron chi connectivity index (χ2n) is 8.49. The van der Waals surface area contributed by atoms with E-state index in [0.717, 1.165) is 75.5 Å². The van der Waals surface area contributed by atoms with Crippen molar-refractivity contribution < 1.29 is 9.53 Å². The number of carbonyl (C=O) groups excluding carboxylic acids is 1. The Labute approximate surface area is 200 Å². The molecule has 0 aliphatic carbocycles. The van der Waals surface area contributed by atoms with Crippen LogP contribution in [-0.4, -0.2) is 72.0 Å². The van der Waals surface area contributed by atoms with E-state index >= 15 is 0 Å². The van der Waals surface area contributed by atoms with Crippen LogP contribution < -0.4 is 15.4 Å². The third kappa shape index (κ3) is 6.45. The van der Waals surface area contributed by atoms with E-state index in [-0.39, 0.29) is 12.0 Å².